The number of amides is 1. The van der Waals surface area contributed by atoms with Crippen molar-refractivity contribution in [3.05, 3.63) is 29.1 Å². The lowest BCUT2D eigenvalue weighted by Gasteiger charge is -2.16. The Balaban J connectivity index is 0.00000158. The molecule has 6 N–H and O–H groups in total. The van der Waals surface area contributed by atoms with Gasteiger partial charge in [-0.2, -0.15) is 0 Å². The summed E-state index contributed by atoms with van der Waals surface area (Å²) in [7, 11) is 2.50. The van der Waals surface area contributed by atoms with Crippen molar-refractivity contribution in [2.24, 2.45) is 5.73 Å². The molecule has 0 unspecified atom stereocenters. The van der Waals surface area contributed by atoms with E-state index in [0.717, 1.165) is 51.6 Å². The molecular formula is C19H34N4O4. The molecule has 0 aliphatic carbocycles. The molecule has 1 aromatic heterocycles. The van der Waals surface area contributed by atoms with Crippen molar-refractivity contribution >= 4 is 11.9 Å². The van der Waals surface area contributed by atoms with Gasteiger partial charge < -0.3 is 26.6 Å². The Morgan fingerprint density at radius 2 is 1.93 bits per heavy atom. The maximum atomic E-state index is 11.6. The number of carbonyl (C=O) groups is 2. The molecule has 0 saturated heterocycles. The van der Waals surface area contributed by atoms with Crippen molar-refractivity contribution in [1.29, 1.82) is 0 Å². The van der Waals surface area contributed by atoms with Gasteiger partial charge >= 0.3 is 5.97 Å². The number of carboxylic acids is 1. The van der Waals surface area contributed by atoms with Gasteiger partial charge in [-0.05, 0) is 44.4 Å². The third-order valence-corrected chi connectivity index (χ3v) is 3.96. The molecule has 1 aliphatic rings. The van der Waals surface area contributed by atoms with E-state index in [1.165, 1.54) is 18.3 Å². The summed E-state index contributed by atoms with van der Waals surface area (Å²) in [6, 6.07) is 4.23. The van der Waals surface area contributed by atoms with E-state index >= 15 is 0 Å². The predicted octanol–water partition coefficient (Wildman–Crippen LogP) is 0.605. The van der Waals surface area contributed by atoms with Gasteiger partial charge in [0, 0.05) is 57.4 Å². The number of aromatic nitrogens is 1. The molecule has 0 aromatic carbocycles. The fourth-order valence-corrected chi connectivity index (χ4v) is 2.67. The fourth-order valence-electron chi connectivity index (χ4n) is 2.67. The van der Waals surface area contributed by atoms with E-state index in [1.54, 1.807) is 0 Å². The first-order chi connectivity index (χ1) is 13.1. The van der Waals surface area contributed by atoms with Crippen LogP contribution in [0.2, 0.25) is 0 Å². The molecule has 0 atom stereocenters. The monoisotopic (exact) mass is 382 g/mol. The summed E-state index contributed by atoms with van der Waals surface area (Å²) in [6.45, 7) is 2.34. The molecule has 1 aromatic rings. The molecular weight excluding hydrogens is 348 g/mol. The zero-order chi connectivity index (χ0) is 20.5. The number of aryl methyl sites for hydroxylation is 1. The number of aliphatic hydroxyl groups is 1. The molecule has 0 spiro atoms. The Kier molecular flexibility index (Phi) is 15.0. The Morgan fingerprint density at radius 3 is 2.63 bits per heavy atom. The first-order valence-electron chi connectivity index (χ1n) is 9.34. The number of fused-ring (bicyclic) bond motifs is 1. The third-order valence-electron chi connectivity index (χ3n) is 3.96. The molecule has 8 nitrogen and oxygen atoms in total. The second kappa shape index (κ2) is 16.2. The molecule has 0 saturated carbocycles. The predicted molar refractivity (Wildman–Crippen MR) is 105 cm³/mol. The van der Waals surface area contributed by atoms with Crippen LogP contribution in [0.15, 0.2) is 12.1 Å². The van der Waals surface area contributed by atoms with Crippen LogP contribution in [0.3, 0.4) is 0 Å². The Morgan fingerprint density at radius 1 is 1.19 bits per heavy atom. The van der Waals surface area contributed by atoms with Gasteiger partial charge in [-0.15, -0.1) is 0 Å². The number of aliphatic carboxylic acids is 1. The standard InChI is InChI=1S/C17H25N3O3.CH5N.CH4O/c21-16(19-10-3-6-17(22)23)5-2-1-4-14-8-7-13-12-18-11-9-15(13)20-14;2*1-2/h7-8,18H,1-6,9-12H2,(H,19,21)(H,22,23);2H2,1H3;2H,1H3. The van der Waals surface area contributed by atoms with Gasteiger partial charge in [-0.25, -0.2) is 0 Å². The highest BCUT2D eigenvalue weighted by Gasteiger charge is 2.10. The maximum absolute atomic E-state index is 11.6. The molecule has 0 radical (unpaired) electrons. The molecule has 0 bridgehead atoms. The van der Waals surface area contributed by atoms with Gasteiger partial charge in [-0.3, -0.25) is 14.6 Å². The number of carbonyl (C=O) groups excluding carboxylic acids is 1. The largest absolute Gasteiger partial charge is 0.481 e. The maximum Gasteiger partial charge on any atom is 0.303 e. The highest BCUT2D eigenvalue weighted by Crippen LogP contribution is 2.13. The Hall–Kier alpha value is -2.03. The number of unbranched alkanes of at least 4 members (excludes halogenated alkanes) is 1. The molecule has 0 fully saturated rings. The summed E-state index contributed by atoms with van der Waals surface area (Å²) in [5, 5.41) is 21.6. The molecule has 2 rings (SSSR count). The summed E-state index contributed by atoms with van der Waals surface area (Å²) in [5.74, 6) is -0.826. The first kappa shape index (κ1) is 25.0. The molecule has 2 heterocycles. The van der Waals surface area contributed by atoms with E-state index in [2.05, 4.69) is 28.5 Å². The molecule has 154 valence electrons. The van der Waals surface area contributed by atoms with E-state index in [4.69, 9.17) is 15.2 Å². The van der Waals surface area contributed by atoms with Crippen LogP contribution in [-0.2, 0) is 29.0 Å². The second-order valence-electron chi connectivity index (χ2n) is 5.89. The summed E-state index contributed by atoms with van der Waals surface area (Å²) >= 11 is 0. The topological polar surface area (TPSA) is 138 Å². The van der Waals surface area contributed by atoms with Gasteiger partial charge in [-0.1, -0.05) is 6.07 Å². The van der Waals surface area contributed by atoms with E-state index < -0.39 is 5.97 Å². The minimum Gasteiger partial charge on any atom is -0.481 e. The highest BCUT2D eigenvalue weighted by atomic mass is 16.4. The van der Waals surface area contributed by atoms with E-state index in [9.17, 15) is 9.59 Å². The van der Waals surface area contributed by atoms with Crippen LogP contribution in [0.4, 0.5) is 0 Å². The molecule has 8 heteroatoms. The van der Waals surface area contributed by atoms with E-state index in [-0.39, 0.29) is 12.3 Å². The third kappa shape index (κ3) is 11.3. The van der Waals surface area contributed by atoms with Gasteiger partial charge in [0.15, 0.2) is 0 Å². The molecule has 1 amide bonds. The number of pyridine rings is 1. The van der Waals surface area contributed by atoms with Crippen molar-refractivity contribution in [3.63, 3.8) is 0 Å². The number of nitrogens with zero attached hydrogens (tertiary/aromatic N) is 1. The van der Waals surface area contributed by atoms with E-state index in [1.807, 2.05) is 0 Å². The lowest BCUT2D eigenvalue weighted by molar-refractivity contribution is -0.137. The number of carboxylic acid groups (broad SMARTS) is 1. The minimum atomic E-state index is -0.826. The number of nitrogens with two attached hydrogens (primary N) is 1. The average Bonchev–Trinajstić information content (AvgIpc) is 2.71. The lowest BCUT2D eigenvalue weighted by atomic mass is 10.0. The number of nitrogens with one attached hydrogen (secondary N) is 2. The number of aliphatic hydroxyl groups excluding tert-OH is 1. The van der Waals surface area contributed by atoms with Crippen LogP contribution >= 0.6 is 0 Å². The zero-order valence-corrected chi connectivity index (χ0v) is 16.5. The number of rotatable bonds is 9. The SMILES string of the molecule is CN.CO.O=C(O)CCCNC(=O)CCCCc1ccc2c(n1)CCNC2. The van der Waals surface area contributed by atoms with Crippen LogP contribution < -0.4 is 16.4 Å². The smallest absolute Gasteiger partial charge is 0.303 e. The van der Waals surface area contributed by atoms with Crippen molar-refractivity contribution in [3.8, 4) is 0 Å². The quantitative estimate of drug-likeness (QED) is 0.394. The number of hydrogen-bond donors (Lipinski definition) is 5. The second-order valence-corrected chi connectivity index (χ2v) is 5.89. The normalized spacial score (nSPS) is 11.9. The summed E-state index contributed by atoms with van der Waals surface area (Å²) in [6.07, 6.45) is 4.71. The Labute approximate surface area is 161 Å². The lowest BCUT2D eigenvalue weighted by Crippen LogP contribution is -2.25. The van der Waals surface area contributed by atoms with Gasteiger partial charge in [0.25, 0.3) is 0 Å². The zero-order valence-electron chi connectivity index (χ0n) is 16.5. The van der Waals surface area contributed by atoms with Crippen molar-refractivity contribution < 1.29 is 19.8 Å². The minimum absolute atomic E-state index is 0.000127. The van der Waals surface area contributed by atoms with Crippen LogP contribution in [0.25, 0.3) is 0 Å². The molecule has 1 aliphatic heterocycles. The van der Waals surface area contributed by atoms with Crippen LogP contribution in [-0.4, -0.2) is 54.3 Å². The molecule has 27 heavy (non-hydrogen) atoms. The summed E-state index contributed by atoms with van der Waals surface area (Å²) < 4.78 is 0. The summed E-state index contributed by atoms with van der Waals surface area (Å²) in [5.41, 5.74) is 8.10. The average molecular weight is 383 g/mol. The van der Waals surface area contributed by atoms with E-state index in [0.29, 0.717) is 19.4 Å². The van der Waals surface area contributed by atoms with Crippen molar-refractivity contribution in [2.45, 2.75) is 51.5 Å². The fraction of sp³-hybridized carbons (Fsp3) is 0.632. The highest BCUT2D eigenvalue weighted by molar-refractivity contribution is 5.75. The van der Waals surface area contributed by atoms with Gasteiger partial charge in [0.1, 0.15) is 0 Å². The summed E-state index contributed by atoms with van der Waals surface area (Å²) in [4.78, 5) is 26.7. The van der Waals surface area contributed by atoms with Crippen molar-refractivity contribution in [1.82, 2.24) is 15.6 Å². The Bertz CT molecular complexity index is 553. The van der Waals surface area contributed by atoms with Crippen LogP contribution in [0.1, 0.15) is 49.1 Å². The van der Waals surface area contributed by atoms with Crippen LogP contribution in [0, 0.1) is 0 Å². The van der Waals surface area contributed by atoms with Gasteiger partial charge in [0.05, 0.1) is 0 Å². The van der Waals surface area contributed by atoms with Crippen LogP contribution in [0.5, 0.6) is 0 Å². The van der Waals surface area contributed by atoms with Gasteiger partial charge in [0.2, 0.25) is 5.91 Å². The van der Waals surface area contributed by atoms with Crippen molar-refractivity contribution in [2.75, 3.05) is 27.2 Å². The first-order valence-corrected chi connectivity index (χ1v) is 9.34. The number of hydrogen-bond acceptors (Lipinski definition) is 6.